The highest BCUT2D eigenvalue weighted by Gasteiger charge is 2.14. The number of aromatic nitrogens is 4. The van der Waals surface area contributed by atoms with Gasteiger partial charge in [-0.05, 0) is 46.8 Å². The zero-order valence-corrected chi connectivity index (χ0v) is 16.3. The number of nitrogens with one attached hydrogen (secondary N) is 1. The Morgan fingerprint density at radius 2 is 1.96 bits per heavy atom. The van der Waals surface area contributed by atoms with E-state index in [4.69, 9.17) is 23.2 Å². The topological polar surface area (TPSA) is 89.8 Å². The first kappa shape index (κ1) is 19.3. The van der Waals surface area contributed by atoms with Crippen LogP contribution in [0.2, 0.25) is 10.0 Å². The number of hydrogen-bond acceptors (Lipinski definition) is 6. The largest absolute Gasteiger partial charge is 0.326 e. The number of benzene rings is 2. The van der Waals surface area contributed by atoms with Crippen LogP contribution in [0.25, 0.3) is 5.69 Å². The molecule has 0 saturated carbocycles. The molecule has 3 aromatic rings. The number of ketones is 1. The number of carbonyl (C=O) groups is 2. The van der Waals surface area contributed by atoms with Gasteiger partial charge >= 0.3 is 0 Å². The van der Waals surface area contributed by atoms with Crippen molar-refractivity contribution in [2.24, 2.45) is 0 Å². The second kappa shape index (κ2) is 8.51. The van der Waals surface area contributed by atoms with Gasteiger partial charge in [-0.3, -0.25) is 9.59 Å². The minimum atomic E-state index is -0.175. The van der Waals surface area contributed by atoms with Crippen LogP contribution < -0.4 is 5.32 Å². The van der Waals surface area contributed by atoms with E-state index in [1.807, 2.05) is 0 Å². The summed E-state index contributed by atoms with van der Waals surface area (Å²) in [5.41, 5.74) is 1.75. The molecular formula is C17H13Cl2N5O2S. The van der Waals surface area contributed by atoms with Gasteiger partial charge in [-0.25, -0.2) is 0 Å². The van der Waals surface area contributed by atoms with Gasteiger partial charge in [-0.1, -0.05) is 41.0 Å². The molecule has 0 spiro atoms. The fourth-order valence-corrected chi connectivity index (χ4v) is 3.32. The molecule has 0 saturated heterocycles. The Kier molecular flexibility index (Phi) is 6.10. The first-order valence-corrected chi connectivity index (χ1v) is 9.45. The fourth-order valence-electron chi connectivity index (χ4n) is 2.23. The predicted octanol–water partition coefficient (Wildman–Crippen LogP) is 3.90. The number of tetrazole rings is 1. The van der Waals surface area contributed by atoms with E-state index in [0.29, 0.717) is 32.1 Å². The van der Waals surface area contributed by atoms with Gasteiger partial charge in [0.25, 0.3) is 0 Å². The van der Waals surface area contributed by atoms with Crippen LogP contribution >= 0.6 is 35.0 Å². The van der Waals surface area contributed by atoms with Crippen molar-refractivity contribution in [1.82, 2.24) is 20.2 Å². The van der Waals surface area contributed by atoms with E-state index in [-0.39, 0.29) is 17.4 Å². The van der Waals surface area contributed by atoms with Gasteiger partial charge in [-0.2, -0.15) is 4.68 Å². The van der Waals surface area contributed by atoms with Crippen molar-refractivity contribution < 1.29 is 9.59 Å². The number of anilines is 1. The number of Topliss-reactive ketones (excluding diaryl/α,β-unsaturated/α-hetero) is 1. The predicted molar refractivity (Wildman–Crippen MR) is 105 cm³/mol. The molecule has 7 nitrogen and oxygen atoms in total. The quantitative estimate of drug-likeness (QED) is 0.479. The standard InChI is InChI=1S/C17H13Cl2N5O2S/c1-10(25)20-12-3-2-4-13(8-12)24-17(21-22-23-24)27-9-16(26)11-5-6-14(18)15(19)7-11/h2-8H,9H2,1H3,(H,20,25). The second-order valence-electron chi connectivity index (χ2n) is 5.45. The summed E-state index contributed by atoms with van der Waals surface area (Å²) < 4.78 is 1.50. The molecule has 0 bridgehead atoms. The van der Waals surface area contributed by atoms with Crippen molar-refractivity contribution in [1.29, 1.82) is 0 Å². The molecule has 0 aliphatic rings. The molecule has 138 valence electrons. The SMILES string of the molecule is CC(=O)Nc1cccc(-n2nnnc2SCC(=O)c2ccc(Cl)c(Cl)c2)c1. The number of nitrogens with zero attached hydrogens (tertiary/aromatic N) is 4. The van der Waals surface area contributed by atoms with E-state index >= 15 is 0 Å². The lowest BCUT2D eigenvalue weighted by molar-refractivity contribution is -0.114. The molecule has 1 amide bonds. The van der Waals surface area contributed by atoms with E-state index in [9.17, 15) is 9.59 Å². The normalized spacial score (nSPS) is 10.6. The first-order chi connectivity index (χ1) is 12.9. The van der Waals surface area contributed by atoms with Crippen molar-refractivity contribution in [2.45, 2.75) is 12.1 Å². The second-order valence-corrected chi connectivity index (χ2v) is 7.20. The molecule has 3 rings (SSSR count). The maximum atomic E-state index is 12.4. The highest BCUT2D eigenvalue weighted by Crippen LogP contribution is 2.25. The zero-order chi connectivity index (χ0) is 19.4. The molecule has 0 atom stereocenters. The maximum Gasteiger partial charge on any atom is 0.221 e. The van der Waals surface area contributed by atoms with Crippen LogP contribution in [-0.2, 0) is 4.79 Å². The molecular weight excluding hydrogens is 409 g/mol. The summed E-state index contributed by atoms with van der Waals surface area (Å²) in [6, 6.07) is 11.8. The number of carbonyl (C=O) groups excluding carboxylic acids is 2. The number of halogens is 2. The summed E-state index contributed by atoms with van der Waals surface area (Å²) in [5, 5.41) is 15.5. The first-order valence-electron chi connectivity index (χ1n) is 7.71. The monoisotopic (exact) mass is 421 g/mol. The van der Waals surface area contributed by atoms with Crippen molar-refractivity contribution in [2.75, 3.05) is 11.1 Å². The van der Waals surface area contributed by atoms with Crippen molar-refractivity contribution in [3.05, 3.63) is 58.1 Å². The van der Waals surface area contributed by atoms with E-state index in [1.54, 1.807) is 36.4 Å². The van der Waals surface area contributed by atoms with Crippen LogP contribution in [0.3, 0.4) is 0 Å². The van der Waals surface area contributed by atoms with Crippen LogP contribution in [0.4, 0.5) is 5.69 Å². The third-order valence-corrected chi connectivity index (χ3v) is 5.08. The Morgan fingerprint density at radius 3 is 2.70 bits per heavy atom. The molecule has 27 heavy (non-hydrogen) atoms. The van der Waals surface area contributed by atoms with Gasteiger partial charge in [0.2, 0.25) is 11.1 Å². The smallest absolute Gasteiger partial charge is 0.221 e. The summed E-state index contributed by atoms with van der Waals surface area (Å²) in [4.78, 5) is 23.6. The van der Waals surface area contributed by atoms with Crippen LogP contribution in [0.1, 0.15) is 17.3 Å². The lowest BCUT2D eigenvalue weighted by Gasteiger charge is -2.07. The van der Waals surface area contributed by atoms with Crippen molar-refractivity contribution in [3.8, 4) is 5.69 Å². The number of thioether (sulfide) groups is 1. The number of hydrogen-bond donors (Lipinski definition) is 1. The van der Waals surface area contributed by atoms with Crippen LogP contribution in [0.15, 0.2) is 47.6 Å². The van der Waals surface area contributed by atoms with Crippen molar-refractivity contribution >= 4 is 52.3 Å². The van der Waals surface area contributed by atoms with Crippen LogP contribution in [0, 0.1) is 0 Å². The molecule has 1 heterocycles. The van der Waals surface area contributed by atoms with E-state index < -0.39 is 0 Å². The van der Waals surface area contributed by atoms with Crippen LogP contribution in [0.5, 0.6) is 0 Å². The molecule has 0 unspecified atom stereocenters. The number of rotatable bonds is 6. The molecule has 10 heteroatoms. The molecule has 1 aromatic heterocycles. The zero-order valence-electron chi connectivity index (χ0n) is 14.0. The van der Waals surface area contributed by atoms with Gasteiger partial charge in [0.1, 0.15) is 0 Å². The lowest BCUT2D eigenvalue weighted by Crippen LogP contribution is -2.07. The summed E-state index contributed by atoms with van der Waals surface area (Å²) >= 11 is 13.0. The third kappa shape index (κ3) is 4.85. The Hall–Kier alpha value is -2.42. The summed E-state index contributed by atoms with van der Waals surface area (Å²) in [5.74, 6) is -0.171. The van der Waals surface area contributed by atoms with Gasteiger partial charge in [-0.15, -0.1) is 5.10 Å². The highest BCUT2D eigenvalue weighted by atomic mass is 35.5. The Morgan fingerprint density at radius 1 is 1.15 bits per heavy atom. The van der Waals surface area contributed by atoms with Gasteiger partial charge in [0.15, 0.2) is 5.78 Å². The molecule has 0 fully saturated rings. The van der Waals surface area contributed by atoms with Crippen molar-refractivity contribution in [3.63, 3.8) is 0 Å². The minimum Gasteiger partial charge on any atom is -0.326 e. The molecule has 2 aromatic carbocycles. The average molecular weight is 422 g/mol. The summed E-state index contributed by atoms with van der Waals surface area (Å²) in [6.07, 6.45) is 0. The minimum absolute atomic E-state index is 0.125. The Balaban J connectivity index is 1.74. The van der Waals surface area contributed by atoms with Gasteiger partial charge < -0.3 is 5.32 Å². The average Bonchev–Trinajstić information content (AvgIpc) is 3.10. The third-order valence-electron chi connectivity index (χ3n) is 3.43. The maximum absolute atomic E-state index is 12.4. The molecule has 0 aliphatic heterocycles. The summed E-state index contributed by atoms with van der Waals surface area (Å²) in [7, 11) is 0. The van der Waals surface area contributed by atoms with Gasteiger partial charge in [0.05, 0.1) is 21.5 Å². The van der Waals surface area contributed by atoms with E-state index in [0.717, 1.165) is 0 Å². The number of amides is 1. The molecule has 0 aliphatic carbocycles. The Labute approximate surface area is 169 Å². The fraction of sp³-hybridized carbons (Fsp3) is 0.118. The van der Waals surface area contributed by atoms with Gasteiger partial charge in [0, 0.05) is 18.2 Å². The van der Waals surface area contributed by atoms with E-state index in [2.05, 4.69) is 20.8 Å². The Bertz CT molecular complexity index is 1010. The summed E-state index contributed by atoms with van der Waals surface area (Å²) in [6.45, 7) is 1.43. The lowest BCUT2D eigenvalue weighted by atomic mass is 10.1. The van der Waals surface area contributed by atoms with Crippen LogP contribution in [-0.4, -0.2) is 37.7 Å². The highest BCUT2D eigenvalue weighted by molar-refractivity contribution is 7.99. The molecule has 1 N–H and O–H groups in total. The molecule has 0 radical (unpaired) electrons. The van der Waals surface area contributed by atoms with E-state index in [1.165, 1.54) is 29.4 Å².